The van der Waals surface area contributed by atoms with Crippen molar-refractivity contribution in [1.29, 1.82) is 0 Å². The Bertz CT molecular complexity index is 460. The van der Waals surface area contributed by atoms with Gasteiger partial charge in [0.1, 0.15) is 5.82 Å². The molecule has 0 radical (unpaired) electrons. The van der Waals surface area contributed by atoms with Gasteiger partial charge >= 0.3 is 0 Å². The molecule has 0 unspecified atom stereocenters. The van der Waals surface area contributed by atoms with Crippen LogP contribution in [0.3, 0.4) is 0 Å². The van der Waals surface area contributed by atoms with Crippen molar-refractivity contribution in [3.63, 3.8) is 0 Å². The van der Waals surface area contributed by atoms with Crippen LogP contribution in [0.2, 0.25) is 0 Å². The first kappa shape index (κ1) is 9.09. The third kappa shape index (κ3) is 1.32. The van der Waals surface area contributed by atoms with Crippen LogP contribution in [0, 0.1) is 0 Å². The zero-order valence-electron chi connectivity index (χ0n) is 8.92. The fraction of sp³-hybridized carbons (Fsp3) is 0.636. The van der Waals surface area contributed by atoms with Crippen molar-refractivity contribution in [3.8, 4) is 0 Å². The summed E-state index contributed by atoms with van der Waals surface area (Å²) in [7, 11) is 0. The van der Waals surface area contributed by atoms with Crippen molar-refractivity contribution >= 4 is 0 Å². The van der Waals surface area contributed by atoms with E-state index in [1.165, 1.54) is 12.8 Å². The lowest BCUT2D eigenvalue weighted by molar-refractivity contribution is 0.636. The minimum absolute atomic E-state index is 0.175. The summed E-state index contributed by atoms with van der Waals surface area (Å²) in [6, 6.07) is 0. The average Bonchev–Trinajstić information content (AvgIpc) is 2.97. The molecule has 1 aliphatic heterocycles. The van der Waals surface area contributed by atoms with Crippen LogP contribution in [-0.2, 0) is 19.6 Å². The van der Waals surface area contributed by atoms with Crippen molar-refractivity contribution < 1.29 is 0 Å². The van der Waals surface area contributed by atoms with Crippen LogP contribution in [0.25, 0.3) is 0 Å². The zero-order valence-corrected chi connectivity index (χ0v) is 8.92. The van der Waals surface area contributed by atoms with Crippen molar-refractivity contribution in [1.82, 2.24) is 14.9 Å². The summed E-state index contributed by atoms with van der Waals surface area (Å²) in [5, 5.41) is 3.19. The van der Waals surface area contributed by atoms with Crippen LogP contribution >= 0.6 is 0 Å². The molecule has 1 fully saturated rings. The molecule has 1 saturated carbocycles. The first-order valence-electron chi connectivity index (χ1n) is 5.64. The molecule has 4 heteroatoms. The summed E-state index contributed by atoms with van der Waals surface area (Å²) in [6.07, 6.45) is 2.39. The van der Waals surface area contributed by atoms with Gasteiger partial charge in [-0.05, 0) is 19.8 Å². The Morgan fingerprint density at radius 2 is 2.27 bits per heavy atom. The molecule has 1 aromatic heterocycles. The Kier molecular flexibility index (Phi) is 1.92. The number of nitrogens with zero attached hydrogens (tertiary/aromatic N) is 2. The van der Waals surface area contributed by atoms with Crippen LogP contribution in [-0.4, -0.2) is 9.55 Å². The van der Waals surface area contributed by atoms with Crippen LogP contribution in [0.15, 0.2) is 4.79 Å². The summed E-state index contributed by atoms with van der Waals surface area (Å²) in [4.78, 5) is 16.8. The van der Waals surface area contributed by atoms with E-state index in [9.17, 15) is 4.79 Å². The van der Waals surface area contributed by atoms with Crippen LogP contribution < -0.4 is 10.9 Å². The standard InChI is InChI=1S/C11H15N3O/c1-2-14-10(7-3-4-7)13-9-6-12-5-8(9)11(14)15/h7,12H,2-6H2,1H3. The van der Waals surface area contributed by atoms with Crippen LogP contribution in [0.1, 0.15) is 42.8 Å². The highest BCUT2D eigenvalue weighted by Gasteiger charge is 2.30. The maximum Gasteiger partial charge on any atom is 0.258 e. The zero-order chi connectivity index (χ0) is 10.4. The van der Waals surface area contributed by atoms with E-state index in [-0.39, 0.29) is 5.56 Å². The van der Waals surface area contributed by atoms with Crippen LogP contribution in [0.4, 0.5) is 0 Å². The summed E-state index contributed by atoms with van der Waals surface area (Å²) < 4.78 is 1.85. The highest BCUT2D eigenvalue weighted by atomic mass is 16.1. The molecular weight excluding hydrogens is 190 g/mol. The average molecular weight is 205 g/mol. The van der Waals surface area contributed by atoms with Gasteiger partial charge in [-0.15, -0.1) is 0 Å². The molecule has 1 aromatic rings. The van der Waals surface area contributed by atoms with Gasteiger partial charge in [0.15, 0.2) is 0 Å². The Hall–Kier alpha value is -1.16. The van der Waals surface area contributed by atoms with E-state index in [0.29, 0.717) is 12.5 Å². The van der Waals surface area contributed by atoms with Gasteiger partial charge in [0.25, 0.3) is 5.56 Å². The second-order valence-corrected chi connectivity index (χ2v) is 4.32. The topological polar surface area (TPSA) is 46.9 Å². The maximum absolute atomic E-state index is 12.1. The largest absolute Gasteiger partial charge is 0.307 e. The summed E-state index contributed by atoms with van der Waals surface area (Å²) >= 11 is 0. The van der Waals surface area contributed by atoms with Gasteiger partial charge in [0.2, 0.25) is 0 Å². The van der Waals surface area contributed by atoms with Gasteiger partial charge in [-0.25, -0.2) is 4.98 Å². The van der Waals surface area contributed by atoms with Gasteiger partial charge in [-0.3, -0.25) is 9.36 Å². The molecule has 0 saturated heterocycles. The molecule has 80 valence electrons. The highest BCUT2D eigenvalue weighted by Crippen LogP contribution is 2.38. The number of nitrogens with one attached hydrogen (secondary N) is 1. The van der Waals surface area contributed by atoms with Crippen molar-refractivity contribution in [2.24, 2.45) is 0 Å². The number of hydrogen-bond acceptors (Lipinski definition) is 3. The molecular formula is C11H15N3O. The van der Waals surface area contributed by atoms with Gasteiger partial charge in [0, 0.05) is 25.6 Å². The van der Waals surface area contributed by atoms with Crippen LogP contribution in [0.5, 0.6) is 0 Å². The minimum Gasteiger partial charge on any atom is -0.307 e. The molecule has 3 rings (SSSR count). The van der Waals surface area contributed by atoms with Crippen molar-refractivity contribution in [2.45, 2.75) is 45.3 Å². The summed E-state index contributed by atoms with van der Waals surface area (Å²) in [5.74, 6) is 1.56. The lowest BCUT2D eigenvalue weighted by atomic mass is 10.2. The van der Waals surface area contributed by atoms with Crippen molar-refractivity contribution in [2.75, 3.05) is 0 Å². The lowest BCUT2D eigenvalue weighted by Crippen LogP contribution is -2.28. The third-order valence-electron chi connectivity index (χ3n) is 3.23. The van der Waals surface area contributed by atoms with Gasteiger partial charge in [0.05, 0.1) is 11.3 Å². The second kappa shape index (κ2) is 3.17. The molecule has 1 N–H and O–H groups in total. The molecule has 4 nitrogen and oxygen atoms in total. The highest BCUT2D eigenvalue weighted by molar-refractivity contribution is 5.24. The third-order valence-corrected chi connectivity index (χ3v) is 3.23. The number of rotatable bonds is 2. The number of fused-ring (bicyclic) bond motifs is 1. The Labute approximate surface area is 88.3 Å². The Morgan fingerprint density at radius 3 is 2.93 bits per heavy atom. The Morgan fingerprint density at radius 1 is 1.47 bits per heavy atom. The molecule has 1 aliphatic carbocycles. The lowest BCUT2D eigenvalue weighted by Gasteiger charge is -2.11. The fourth-order valence-corrected chi connectivity index (χ4v) is 2.25. The molecule has 0 spiro atoms. The first-order chi connectivity index (χ1) is 7.31. The molecule has 2 heterocycles. The van der Waals surface area contributed by atoms with Crippen molar-refractivity contribution in [3.05, 3.63) is 27.4 Å². The smallest absolute Gasteiger partial charge is 0.258 e. The Balaban J connectivity index is 2.22. The van der Waals surface area contributed by atoms with E-state index in [4.69, 9.17) is 0 Å². The first-order valence-corrected chi connectivity index (χ1v) is 5.64. The predicted molar refractivity (Wildman–Crippen MR) is 56.7 cm³/mol. The predicted octanol–water partition coefficient (Wildman–Crippen LogP) is 0.744. The van der Waals surface area contributed by atoms with E-state index in [0.717, 1.165) is 30.2 Å². The molecule has 2 aliphatic rings. The minimum atomic E-state index is 0.175. The molecule has 0 aromatic carbocycles. The SMILES string of the molecule is CCn1c(C2CC2)nc2c(c1=O)CNC2. The van der Waals surface area contributed by atoms with E-state index < -0.39 is 0 Å². The summed E-state index contributed by atoms with van der Waals surface area (Å²) in [5.41, 5.74) is 2.03. The molecule has 0 bridgehead atoms. The maximum atomic E-state index is 12.1. The quantitative estimate of drug-likeness (QED) is 0.774. The second-order valence-electron chi connectivity index (χ2n) is 4.32. The monoisotopic (exact) mass is 205 g/mol. The van der Waals surface area contributed by atoms with Gasteiger partial charge < -0.3 is 5.32 Å². The van der Waals surface area contributed by atoms with E-state index in [1.807, 2.05) is 11.5 Å². The van der Waals surface area contributed by atoms with Gasteiger partial charge in [-0.2, -0.15) is 0 Å². The van der Waals surface area contributed by atoms with E-state index in [2.05, 4.69) is 10.3 Å². The van der Waals surface area contributed by atoms with E-state index in [1.54, 1.807) is 0 Å². The normalized spacial score (nSPS) is 19.3. The fourth-order valence-electron chi connectivity index (χ4n) is 2.25. The molecule has 0 atom stereocenters. The van der Waals surface area contributed by atoms with Gasteiger partial charge in [-0.1, -0.05) is 0 Å². The van der Waals surface area contributed by atoms with E-state index >= 15 is 0 Å². The number of aromatic nitrogens is 2. The molecule has 15 heavy (non-hydrogen) atoms. The summed E-state index contributed by atoms with van der Waals surface area (Å²) in [6.45, 7) is 4.20. The number of hydrogen-bond donors (Lipinski definition) is 1. The molecule has 0 amide bonds.